The van der Waals surface area contributed by atoms with Crippen LogP contribution >= 0.6 is 12.4 Å². The molecule has 1 aliphatic heterocycles. The first kappa shape index (κ1) is 17.6. The summed E-state index contributed by atoms with van der Waals surface area (Å²) < 4.78 is 10.5. The predicted molar refractivity (Wildman–Crippen MR) is 84.7 cm³/mol. The maximum absolute atomic E-state index is 12.6. The third kappa shape index (κ3) is 4.02. The van der Waals surface area contributed by atoms with E-state index in [4.69, 9.17) is 9.47 Å². The minimum absolute atomic E-state index is 0. The van der Waals surface area contributed by atoms with Crippen molar-refractivity contribution in [2.45, 2.75) is 6.42 Å². The van der Waals surface area contributed by atoms with Gasteiger partial charge in [0.15, 0.2) is 0 Å². The van der Waals surface area contributed by atoms with Gasteiger partial charge in [0.2, 0.25) is 0 Å². The lowest BCUT2D eigenvalue weighted by atomic mass is 10.1. The van der Waals surface area contributed by atoms with Gasteiger partial charge in [-0.2, -0.15) is 0 Å². The number of amides is 1. The number of rotatable bonds is 5. The largest absolute Gasteiger partial charge is 0.497 e. The van der Waals surface area contributed by atoms with E-state index in [-0.39, 0.29) is 18.3 Å². The Kier molecular flexibility index (Phi) is 6.78. The number of ether oxygens (including phenoxy) is 2. The lowest BCUT2D eigenvalue weighted by Crippen LogP contribution is -2.30. The smallest absolute Gasteiger partial charge is 0.257 e. The summed E-state index contributed by atoms with van der Waals surface area (Å²) in [6, 6.07) is 5.30. The van der Waals surface area contributed by atoms with Crippen LogP contribution in [0.15, 0.2) is 18.2 Å². The number of hydrogen-bond donors (Lipinski definition) is 1. The lowest BCUT2D eigenvalue weighted by molar-refractivity contribution is 0.0784. The number of carbonyl (C=O) groups is 1. The highest BCUT2D eigenvalue weighted by Crippen LogP contribution is 2.27. The van der Waals surface area contributed by atoms with E-state index in [1.54, 1.807) is 32.4 Å². The van der Waals surface area contributed by atoms with Crippen LogP contribution < -0.4 is 14.8 Å². The van der Waals surface area contributed by atoms with Crippen molar-refractivity contribution in [3.05, 3.63) is 23.8 Å². The van der Waals surface area contributed by atoms with Crippen LogP contribution in [-0.4, -0.2) is 51.7 Å². The van der Waals surface area contributed by atoms with Crippen molar-refractivity contribution >= 4 is 18.3 Å². The summed E-state index contributed by atoms with van der Waals surface area (Å²) in [5.41, 5.74) is 0.596. The predicted octanol–water partition coefficient (Wildman–Crippen LogP) is 1.81. The summed E-state index contributed by atoms with van der Waals surface area (Å²) in [6.45, 7) is 2.55. The first-order chi connectivity index (χ1) is 9.69. The van der Waals surface area contributed by atoms with Crippen LogP contribution in [0, 0.1) is 5.92 Å². The van der Waals surface area contributed by atoms with Gasteiger partial charge in [-0.25, -0.2) is 0 Å². The van der Waals surface area contributed by atoms with Crippen LogP contribution in [0.25, 0.3) is 0 Å². The zero-order chi connectivity index (χ0) is 14.5. The molecule has 1 aromatic rings. The molecule has 1 fully saturated rings. The minimum atomic E-state index is 0. The molecule has 1 atom stereocenters. The normalized spacial score (nSPS) is 17.3. The van der Waals surface area contributed by atoms with E-state index in [9.17, 15) is 4.79 Å². The zero-order valence-electron chi connectivity index (χ0n) is 12.7. The van der Waals surface area contributed by atoms with Crippen molar-refractivity contribution in [1.82, 2.24) is 10.2 Å². The molecule has 5 nitrogen and oxygen atoms in total. The van der Waals surface area contributed by atoms with E-state index in [0.29, 0.717) is 23.0 Å². The third-order valence-electron chi connectivity index (χ3n) is 3.70. The monoisotopic (exact) mass is 314 g/mol. The fraction of sp³-hybridized carbons (Fsp3) is 0.533. The van der Waals surface area contributed by atoms with E-state index in [1.807, 2.05) is 11.9 Å². The second-order valence-electron chi connectivity index (χ2n) is 5.03. The van der Waals surface area contributed by atoms with E-state index >= 15 is 0 Å². The minimum Gasteiger partial charge on any atom is -0.497 e. The molecule has 1 saturated heterocycles. The second-order valence-corrected chi connectivity index (χ2v) is 5.03. The molecular formula is C15H23ClN2O3. The molecule has 2 rings (SSSR count). The van der Waals surface area contributed by atoms with Gasteiger partial charge in [0.05, 0.1) is 19.8 Å². The van der Waals surface area contributed by atoms with E-state index in [1.165, 1.54) is 0 Å². The summed E-state index contributed by atoms with van der Waals surface area (Å²) in [5, 5.41) is 3.17. The van der Waals surface area contributed by atoms with Crippen molar-refractivity contribution < 1.29 is 14.3 Å². The Hall–Kier alpha value is -1.46. The van der Waals surface area contributed by atoms with Crippen LogP contribution in [0.5, 0.6) is 11.5 Å². The van der Waals surface area contributed by atoms with E-state index in [0.717, 1.165) is 26.1 Å². The molecule has 1 aromatic carbocycles. The molecule has 0 bridgehead atoms. The summed E-state index contributed by atoms with van der Waals surface area (Å²) in [5.74, 6) is 1.82. The number of likely N-dealkylation sites (tertiary alicyclic amines) is 1. The number of methoxy groups -OCH3 is 2. The molecule has 0 aliphatic carbocycles. The Balaban J connectivity index is 0.00000220. The molecule has 1 N–H and O–H groups in total. The van der Waals surface area contributed by atoms with Gasteiger partial charge in [0.1, 0.15) is 11.5 Å². The number of halogens is 1. The second kappa shape index (κ2) is 8.10. The quantitative estimate of drug-likeness (QED) is 0.900. The van der Waals surface area contributed by atoms with Gasteiger partial charge in [-0.3, -0.25) is 4.79 Å². The van der Waals surface area contributed by atoms with Crippen molar-refractivity contribution in [3.63, 3.8) is 0 Å². The molecule has 1 unspecified atom stereocenters. The SMILES string of the molecule is CNCC1CCN(C(=O)c2ccc(OC)cc2OC)C1.Cl. The maximum Gasteiger partial charge on any atom is 0.257 e. The Morgan fingerprint density at radius 3 is 2.76 bits per heavy atom. The van der Waals surface area contributed by atoms with Gasteiger partial charge < -0.3 is 19.7 Å². The average Bonchev–Trinajstić information content (AvgIpc) is 2.94. The Morgan fingerprint density at radius 2 is 2.14 bits per heavy atom. The Morgan fingerprint density at radius 1 is 1.38 bits per heavy atom. The molecule has 1 amide bonds. The molecule has 21 heavy (non-hydrogen) atoms. The molecule has 0 aromatic heterocycles. The van der Waals surface area contributed by atoms with Crippen LogP contribution in [0.4, 0.5) is 0 Å². The van der Waals surface area contributed by atoms with Crippen LogP contribution in [0.3, 0.4) is 0 Å². The fourth-order valence-corrected chi connectivity index (χ4v) is 2.62. The van der Waals surface area contributed by atoms with Gasteiger partial charge in [0, 0.05) is 19.2 Å². The molecule has 1 aliphatic rings. The number of nitrogens with one attached hydrogen (secondary N) is 1. The molecular weight excluding hydrogens is 292 g/mol. The van der Waals surface area contributed by atoms with Gasteiger partial charge in [-0.1, -0.05) is 0 Å². The van der Waals surface area contributed by atoms with Gasteiger partial charge in [0.25, 0.3) is 5.91 Å². The maximum atomic E-state index is 12.6. The number of carbonyl (C=O) groups excluding carboxylic acids is 1. The average molecular weight is 315 g/mol. The molecule has 0 spiro atoms. The van der Waals surface area contributed by atoms with Gasteiger partial charge in [-0.15, -0.1) is 12.4 Å². The summed E-state index contributed by atoms with van der Waals surface area (Å²) in [6.07, 6.45) is 1.05. The standard InChI is InChI=1S/C15H22N2O3.ClH/c1-16-9-11-6-7-17(10-11)15(18)13-5-4-12(19-2)8-14(13)20-3;/h4-5,8,11,16H,6-7,9-10H2,1-3H3;1H. The summed E-state index contributed by atoms with van der Waals surface area (Å²) in [7, 11) is 5.11. The highest BCUT2D eigenvalue weighted by atomic mass is 35.5. The fourth-order valence-electron chi connectivity index (χ4n) is 2.62. The van der Waals surface area contributed by atoms with Crippen LogP contribution in [0.2, 0.25) is 0 Å². The van der Waals surface area contributed by atoms with E-state index < -0.39 is 0 Å². The molecule has 0 radical (unpaired) electrons. The highest BCUT2D eigenvalue weighted by molar-refractivity contribution is 5.97. The molecule has 0 saturated carbocycles. The van der Waals surface area contributed by atoms with Crippen molar-refractivity contribution in [1.29, 1.82) is 0 Å². The Labute approximate surface area is 132 Å². The Bertz CT molecular complexity index is 482. The van der Waals surface area contributed by atoms with Crippen molar-refractivity contribution in [2.75, 3.05) is 40.9 Å². The zero-order valence-corrected chi connectivity index (χ0v) is 13.5. The van der Waals surface area contributed by atoms with Crippen molar-refractivity contribution in [2.24, 2.45) is 5.92 Å². The van der Waals surface area contributed by atoms with Gasteiger partial charge >= 0.3 is 0 Å². The molecule has 118 valence electrons. The van der Waals surface area contributed by atoms with Crippen LogP contribution in [-0.2, 0) is 0 Å². The third-order valence-corrected chi connectivity index (χ3v) is 3.70. The molecule has 1 heterocycles. The van der Waals surface area contributed by atoms with Gasteiger partial charge in [-0.05, 0) is 38.1 Å². The number of benzene rings is 1. The van der Waals surface area contributed by atoms with Crippen LogP contribution in [0.1, 0.15) is 16.8 Å². The van der Waals surface area contributed by atoms with Crippen molar-refractivity contribution in [3.8, 4) is 11.5 Å². The lowest BCUT2D eigenvalue weighted by Gasteiger charge is -2.18. The number of hydrogen-bond acceptors (Lipinski definition) is 4. The molecule has 6 heteroatoms. The first-order valence-corrected chi connectivity index (χ1v) is 6.85. The number of nitrogens with zero attached hydrogens (tertiary/aromatic N) is 1. The summed E-state index contributed by atoms with van der Waals surface area (Å²) in [4.78, 5) is 14.5. The highest BCUT2D eigenvalue weighted by Gasteiger charge is 2.28. The first-order valence-electron chi connectivity index (χ1n) is 6.85. The summed E-state index contributed by atoms with van der Waals surface area (Å²) >= 11 is 0. The van der Waals surface area contributed by atoms with E-state index in [2.05, 4.69) is 5.32 Å². The topological polar surface area (TPSA) is 50.8 Å².